The molecule has 1 aliphatic rings. The lowest BCUT2D eigenvalue weighted by Crippen LogP contribution is -2.53. The summed E-state index contributed by atoms with van der Waals surface area (Å²) in [7, 11) is 2.93. The Bertz CT molecular complexity index is 831. The van der Waals surface area contributed by atoms with Crippen LogP contribution in [0.25, 0.3) is 0 Å². The fourth-order valence-electron chi connectivity index (χ4n) is 3.46. The smallest absolute Gasteiger partial charge is 0.328 e. The molecule has 1 aliphatic heterocycles. The maximum absolute atomic E-state index is 13.1. The number of hydrogen-bond donors (Lipinski definition) is 2. The number of esters is 1. The zero-order chi connectivity index (χ0) is 20.3. The lowest BCUT2D eigenvalue weighted by molar-refractivity contribution is -0.144. The van der Waals surface area contributed by atoms with Crippen LogP contribution in [0.1, 0.15) is 36.8 Å². The van der Waals surface area contributed by atoms with Gasteiger partial charge in [0.2, 0.25) is 0 Å². The highest BCUT2D eigenvalue weighted by Crippen LogP contribution is 2.34. The molecule has 2 atom stereocenters. The van der Waals surface area contributed by atoms with Gasteiger partial charge < -0.3 is 24.7 Å². The summed E-state index contributed by atoms with van der Waals surface area (Å²) in [5.74, 6) is 0.187. The highest BCUT2D eigenvalue weighted by atomic mass is 16.5. The van der Waals surface area contributed by atoms with Crippen LogP contribution in [0.15, 0.2) is 30.6 Å². The van der Waals surface area contributed by atoms with Crippen molar-refractivity contribution in [2.24, 2.45) is 5.92 Å². The van der Waals surface area contributed by atoms with E-state index in [1.54, 1.807) is 18.3 Å². The zero-order valence-electron chi connectivity index (χ0n) is 16.6. The van der Waals surface area contributed by atoms with E-state index in [1.165, 1.54) is 7.11 Å². The topological polar surface area (TPSA) is 96.6 Å². The summed E-state index contributed by atoms with van der Waals surface area (Å²) in [4.78, 5) is 34.5. The third-order valence-corrected chi connectivity index (χ3v) is 5.02. The number of hydrogen-bond acceptors (Lipinski definition) is 5. The fourth-order valence-corrected chi connectivity index (χ4v) is 3.46. The Morgan fingerprint density at radius 3 is 2.57 bits per heavy atom. The summed E-state index contributed by atoms with van der Waals surface area (Å²) in [6.45, 7) is 4.24. The standard InChI is InChI=1S/C20H26N4O4/c1-12(2)16(19(25)28-4)23-20(26)24-10-9-15-17(22-11-21-15)18(24)13-5-7-14(27-3)8-6-13/h5-8,11-12,16,18H,9-10H2,1-4H3,(H,21,22)(H,23,26). The van der Waals surface area contributed by atoms with Crippen molar-refractivity contribution < 1.29 is 19.1 Å². The van der Waals surface area contributed by atoms with Crippen LogP contribution >= 0.6 is 0 Å². The van der Waals surface area contributed by atoms with Crippen molar-refractivity contribution in [2.75, 3.05) is 20.8 Å². The number of methoxy groups -OCH3 is 2. The van der Waals surface area contributed by atoms with E-state index in [1.807, 2.05) is 38.1 Å². The monoisotopic (exact) mass is 386 g/mol. The summed E-state index contributed by atoms with van der Waals surface area (Å²) in [6.07, 6.45) is 2.31. The summed E-state index contributed by atoms with van der Waals surface area (Å²) in [5, 5.41) is 2.83. The Labute approximate surface area is 164 Å². The van der Waals surface area contributed by atoms with Gasteiger partial charge in [-0.3, -0.25) is 0 Å². The van der Waals surface area contributed by atoms with E-state index in [4.69, 9.17) is 9.47 Å². The van der Waals surface area contributed by atoms with Crippen LogP contribution in [0.5, 0.6) is 5.75 Å². The Balaban J connectivity index is 1.91. The van der Waals surface area contributed by atoms with Crippen molar-refractivity contribution in [3.8, 4) is 5.75 Å². The number of amides is 2. The quantitative estimate of drug-likeness (QED) is 0.769. The molecule has 8 heteroatoms. The molecule has 1 aromatic heterocycles. The van der Waals surface area contributed by atoms with Gasteiger partial charge >= 0.3 is 12.0 Å². The van der Waals surface area contributed by atoms with Gasteiger partial charge in [-0.2, -0.15) is 0 Å². The van der Waals surface area contributed by atoms with E-state index in [9.17, 15) is 9.59 Å². The molecule has 0 bridgehead atoms. The van der Waals surface area contributed by atoms with Gasteiger partial charge in [0.05, 0.1) is 26.2 Å². The van der Waals surface area contributed by atoms with Crippen LogP contribution in [0, 0.1) is 5.92 Å². The highest BCUT2D eigenvalue weighted by Gasteiger charge is 2.36. The number of ether oxygens (including phenoxy) is 2. The number of H-pyrrole nitrogens is 1. The van der Waals surface area contributed by atoms with Gasteiger partial charge in [-0.05, 0) is 23.6 Å². The van der Waals surface area contributed by atoms with Crippen molar-refractivity contribution in [3.63, 3.8) is 0 Å². The number of rotatable bonds is 5. The lowest BCUT2D eigenvalue weighted by atomic mass is 9.95. The SMILES string of the molecule is COC(=O)C(NC(=O)N1CCc2[nH]cnc2C1c1ccc(OC)cc1)C(C)C. The van der Waals surface area contributed by atoms with Gasteiger partial charge in [0.1, 0.15) is 17.8 Å². The van der Waals surface area contributed by atoms with Crippen LogP contribution in [0.2, 0.25) is 0 Å². The molecule has 150 valence electrons. The van der Waals surface area contributed by atoms with Crippen molar-refractivity contribution in [3.05, 3.63) is 47.5 Å². The Morgan fingerprint density at radius 1 is 1.25 bits per heavy atom. The van der Waals surface area contributed by atoms with E-state index in [2.05, 4.69) is 15.3 Å². The number of fused-ring (bicyclic) bond motifs is 1. The molecular formula is C20H26N4O4. The van der Waals surface area contributed by atoms with Gasteiger partial charge in [-0.25, -0.2) is 14.6 Å². The molecule has 1 aromatic carbocycles. The van der Waals surface area contributed by atoms with Crippen molar-refractivity contribution >= 4 is 12.0 Å². The number of carbonyl (C=O) groups is 2. The molecule has 2 unspecified atom stereocenters. The van der Waals surface area contributed by atoms with Crippen LogP contribution < -0.4 is 10.1 Å². The van der Waals surface area contributed by atoms with Crippen LogP contribution in [-0.2, 0) is 16.0 Å². The zero-order valence-corrected chi connectivity index (χ0v) is 16.6. The average Bonchev–Trinajstić information content (AvgIpc) is 3.19. The number of nitrogens with zero attached hydrogens (tertiary/aromatic N) is 2. The largest absolute Gasteiger partial charge is 0.497 e. The van der Waals surface area contributed by atoms with Crippen molar-refractivity contribution in [2.45, 2.75) is 32.4 Å². The molecule has 3 rings (SSSR count). The van der Waals surface area contributed by atoms with Gasteiger partial charge in [-0.15, -0.1) is 0 Å². The molecule has 2 heterocycles. The summed E-state index contributed by atoms with van der Waals surface area (Å²) in [6, 6.07) is 6.18. The predicted molar refractivity (Wildman–Crippen MR) is 103 cm³/mol. The molecule has 0 spiro atoms. The van der Waals surface area contributed by atoms with E-state index in [0.29, 0.717) is 13.0 Å². The molecule has 0 fully saturated rings. The van der Waals surface area contributed by atoms with Crippen LogP contribution in [0.3, 0.4) is 0 Å². The minimum absolute atomic E-state index is 0.0958. The molecular weight excluding hydrogens is 360 g/mol. The number of benzene rings is 1. The summed E-state index contributed by atoms with van der Waals surface area (Å²) < 4.78 is 10.1. The molecule has 2 N–H and O–H groups in total. The predicted octanol–water partition coefficient (Wildman–Crippen LogP) is 2.27. The molecule has 28 heavy (non-hydrogen) atoms. The number of aromatic amines is 1. The van der Waals surface area contributed by atoms with Gasteiger partial charge in [0, 0.05) is 18.7 Å². The third-order valence-electron chi connectivity index (χ3n) is 5.02. The first kappa shape index (κ1) is 19.7. The van der Waals surface area contributed by atoms with Gasteiger partial charge in [0.15, 0.2) is 0 Å². The Hall–Kier alpha value is -3.03. The lowest BCUT2D eigenvalue weighted by Gasteiger charge is -2.36. The number of carbonyl (C=O) groups excluding carboxylic acids is 2. The van der Waals surface area contributed by atoms with E-state index in [-0.39, 0.29) is 18.0 Å². The number of imidazole rings is 1. The second kappa shape index (κ2) is 8.33. The van der Waals surface area contributed by atoms with Gasteiger partial charge in [-0.1, -0.05) is 26.0 Å². The normalized spacial score (nSPS) is 17.0. The number of aromatic nitrogens is 2. The van der Waals surface area contributed by atoms with E-state index >= 15 is 0 Å². The summed E-state index contributed by atoms with van der Waals surface area (Å²) >= 11 is 0. The molecule has 2 aromatic rings. The molecule has 2 amide bonds. The second-order valence-corrected chi connectivity index (χ2v) is 7.08. The molecule has 8 nitrogen and oxygen atoms in total. The maximum atomic E-state index is 13.1. The van der Waals surface area contributed by atoms with Crippen molar-refractivity contribution in [1.82, 2.24) is 20.2 Å². The molecule has 0 saturated heterocycles. The Morgan fingerprint density at radius 2 is 1.96 bits per heavy atom. The first-order chi connectivity index (χ1) is 13.5. The number of urea groups is 1. The van der Waals surface area contributed by atoms with Crippen LogP contribution in [-0.4, -0.2) is 53.7 Å². The highest BCUT2D eigenvalue weighted by molar-refractivity contribution is 5.84. The molecule has 0 aliphatic carbocycles. The van der Waals surface area contributed by atoms with E-state index < -0.39 is 12.0 Å². The molecule has 0 saturated carbocycles. The molecule has 0 radical (unpaired) electrons. The fraction of sp³-hybridized carbons (Fsp3) is 0.450. The third kappa shape index (κ3) is 3.81. The summed E-state index contributed by atoms with van der Waals surface area (Å²) in [5.41, 5.74) is 2.74. The van der Waals surface area contributed by atoms with E-state index in [0.717, 1.165) is 22.7 Å². The Kier molecular flexibility index (Phi) is 5.87. The first-order valence-corrected chi connectivity index (χ1v) is 9.27. The average molecular weight is 386 g/mol. The minimum Gasteiger partial charge on any atom is -0.497 e. The maximum Gasteiger partial charge on any atom is 0.328 e. The first-order valence-electron chi connectivity index (χ1n) is 9.27. The second-order valence-electron chi connectivity index (χ2n) is 7.08. The van der Waals surface area contributed by atoms with Gasteiger partial charge in [0.25, 0.3) is 0 Å². The number of nitrogens with one attached hydrogen (secondary N) is 2. The van der Waals surface area contributed by atoms with Crippen LogP contribution in [0.4, 0.5) is 4.79 Å². The minimum atomic E-state index is -0.713. The van der Waals surface area contributed by atoms with Crippen molar-refractivity contribution in [1.29, 1.82) is 0 Å².